The number of amides is 4. The number of anilines is 1. The molecule has 2 N–H and O–H groups in total. The number of phenols is 1. The van der Waals surface area contributed by atoms with Crippen LogP contribution in [0.25, 0.3) is 0 Å². The van der Waals surface area contributed by atoms with Gasteiger partial charge in [-0.25, -0.2) is 4.79 Å². The van der Waals surface area contributed by atoms with Crippen molar-refractivity contribution in [2.75, 3.05) is 44.6 Å². The highest BCUT2D eigenvalue weighted by Gasteiger charge is 2.38. The third-order valence-electron chi connectivity index (χ3n) is 10.2. The summed E-state index contributed by atoms with van der Waals surface area (Å²) in [6.07, 6.45) is 1.30. The number of fused-ring (bicyclic) bond motifs is 1. The second-order valence-corrected chi connectivity index (χ2v) is 14.4. The molecule has 1 aromatic carbocycles. The second-order valence-electron chi connectivity index (χ2n) is 13.2. The van der Waals surface area contributed by atoms with Crippen LogP contribution in [0.4, 0.5) is 23.7 Å². The Morgan fingerprint density at radius 2 is 1.62 bits per heavy atom. The van der Waals surface area contributed by atoms with Gasteiger partial charge in [-0.3, -0.25) is 9.59 Å². The number of rotatable bonds is 7. The van der Waals surface area contributed by atoms with Gasteiger partial charge in [-0.15, -0.1) is 11.3 Å². The number of piperidine rings is 3. The zero-order chi connectivity index (χ0) is 33.3. The van der Waals surface area contributed by atoms with E-state index in [-0.39, 0.29) is 42.3 Å². The lowest BCUT2D eigenvalue weighted by molar-refractivity contribution is -0.143. The van der Waals surface area contributed by atoms with Gasteiger partial charge < -0.3 is 30.0 Å². The number of phenolic OH excluding ortho intramolecular Hbond substituents is 1. The fraction of sp³-hybridized carbons (Fsp3) is 0.606. The Bertz CT molecular complexity index is 1470. The van der Waals surface area contributed by atoms with Crippen LogP contribution in [-0.2, 0) is 28.7 Å². The standard InChI is InChI=1S/C33H41ClF3N5O4S/c34-27-16-21(15-26(30(27)44)33(35,36)37)14-22(31(45)41-12-4-24(5-13-41)39-8-2-1-3-9-39)17-29(43)40-10-6-25(7-11-40)42-18-23-19-47-20-28(23)38-32(42)46/h15-16,19-20,22,24-25,44H,1-14,17-18H2,(H,38,46)/t22-/m0/s1. The van der Waals surface area contributed by atoms with Crippen molar-refractivity contribution in [3.8, 4) is 5.75 Å². The maximum atomic E-state index is 14.0. The molecule has 0 bridgehead atoms. The van der Waals surface area contributed by atoms with E-state index in [1.54, 1.807) is 9.80 Å². The number of nitrogens with one attached hydrogen (secondary N) is 1. The van der Waals surface area contributed by atoms with Gasteiger partial charge in [0.25, 0.3) is 0 Å². The van der Waals surface area contributed by atoms with Gasteiger partial charge in [-0.1, -0.05) is 18.0 Å². The largest absolute Gasteiger partial charge is 0.506 e. The van der Waals surface area contributed by atoms with Crippen LogP contribution in [0.3, 0.4) is 0 Å². The van der Waals surface area contributed by atoms with Gasteiger partial charge in [-0.05, 0) is 81.1 Å². The molecule has 47 heavy (non-hydrogen) atoms. The molecule has 2 aromatic rings. The Balaban J connectivity index is 1.13. The van der Waals surface area contributed by atoms with E-state index >= 15 is 0 Å². The lowest BCUT2D eigenvalue weighted by Gasteiger charge is -2.41. The van der Waals surface area contributed by atoms with Crippen molar-refractivity contribution < 1.29 is 32.7 Å². The van der Waals surface area contributed by atoms with Gasteiger partial charge in [-0.2, -0.15) is 13.2 Å². The first kappa shape index (κ1) is 33.9. The molecule has 3 fully saturated rings. The topological polar surface area (TPSA) is 96.4 Å². The van der Waals surface area contributed by atoms with E-state index in [1.165, 1.54) is 36.7 Å². The highest BCUT2D eigenvalue weighted by molar-refractivity contribution is 7.08. The molecule has 4 aliphatic heterocycles. The van der Waals surface area contributed by atoms with Gasteiger partial charge in [0.15, 0.2) is 0 Å². The number of hydrogen-bond acceptors (Lipinski definition) is 6. The number of carbonyl (C=O) groups excluding carboxylic acids is 3. The summed E-state index contributed by atoms with van der Waals surface area (Å²) >= 11 is 7.54. The number of urea groups is 1. The second kappa shape index (κ2) is 14.2. The Kier molecular flexibility index (Phi) is 10.2. The molecule has 6 rings (SSSR count). The van der Waals surface area contributed by atoms with Crippen LogP contribution in [0, 0.1) is 5.92 Å². The van der Waals surface area contributed by atoms with Gasteiger partial charge >= 0.3 is 12.2 Å². The summed E-state index contributed by atoms with van der Waals surface area (Å²) in [6.45, 7) is 4.53. The average molecular weight is 696 g/mol. The molecular formula is C33H41ClF3N5O4S. The number of carbonyl (C=O) groups is 3. The van der Waals surface area contributed by atoms with E-state index in [2.05, 4.69) is 10.2 Å². The normalized spacial score (nSPS) is 21.0. The van der Waals surface area contributed by atoms with Gasteiger partial charge in [0.1, 0.15) is 5.75 Å². The molecule has 0 saturated carbocycles. The maximum absolute atomic E-state index is 14.0. The lowest BCUT2D eigenvalue weighted by atomic mass is 9.91. The molecule has 4 aliphatic rings. The molecule has 3 saturated heterocycles. The molecule has 256 valence electrons. The van der Waals surface area contributed by atoms with Crippen LogP contribution >= 0.6 is 22.9 Å². The number of hydrogen-bond donors (Lipinski definition) is 2. The van der Waals surface area contributed by atoms with Crippen molar-refractivity contribution in [3.63, 3.8) is 0 Å². The quantitative estimate of drug-likeness (QED) is 0.360. The minimum atomic E-state index is -4.84. The predicted molar refractivity (Wildman–Crippen MR) is 173 cm³/mol. The maximum Gasteiger partial charge on any atom is 0.420 e. The number of benzene rings is 1. The average Bonchev–Trinajstić information content (AvgIpc) is 3.52. The summed E-state index contributed by atoms with van der Waals surface area (Å²) in [4.78, 5) is 48.2. The van der Waals surface area contributed by atoms with Crippen molar-refractivity contribution in [3.05, 3.63) is 44.6 Å². The van der Waals surface area contributed by atoms with E-state index in [9.17, 15) is 32.7 Å². The molecule has 5 heterocycles. The molecule has 1 atom stereocenters. The molecule has 0 radical (unpaired) electrons. The number of halogens is 4. The van der Waals surface area contributed by atoms with E-state index in [0.29, 0.717) is 51.6 Å². The van der Waals surface area contributed by atoms with Crippen molar-refractivity contribution in [2.45, 2.75) is 82.6 Å². The molecule has 4 amide bonds. The number of alkyl halides is 3. The summed E-state index contributed by atoms with van der Waals surface area (Å²) in [5, 5.41) is 16.4. The van der Waals surface area contributed by atoms with Crippen LogP contribution in [0.1, 0.15) is 68.1 Å². The predicted octanol–water partition coefficient (Wildman–Crippen LogP) is 6.19. The first-order valence-corrected chi connectivity index (χ1v) is 17.8. The molecule has 14 heteroatoms. The van der Waals surface area contributed by atoms with E-state index < -0.39 is 28.4 Å². The number of thiophene rings is 1. The van der Waals surface area contributed by atoms with Crippen molar-refractivity contribution >= 4 is 46.5 Å². The summed E-state index contributed by atoms with van der Waals surface area (Å²) in [5.41, 5.74) is 0.778. The van der Waals surface area contributed by atoms with E-state index in [1.807, 2.05) is 15.7 Å². The smallest absolute Gasteiger partial charge is 0.420 e. The monoisotopic (exact) mass is 695 g/mol. The Labute approximate surface area is 281 Å². The minimum absolute atomic E-state index is 0.0364. The summed E-state index contributed by atoms with van der Waals surface area (Å²) < 4.78 is 41.1. The molecular weight excluding hydrogens is 655 g/mol. The third-order valence-corrected chi connectivity index (χ3v) is 11.3. The minimum Gasteiger partial charge on any atom is -0.506 e. The molecule has 0 spiro atoms. The highest BCUT2D eigenvalue weighted by Crippen LogP contribution is 2.41. The highest BCUT2D eigenvalue weighted by atomic mass is 35.5. The van der Waals surface area contributed by atoms with Crippen LogP contribution in [0.5, 0.6) is 5.75 Å². The SMILES string of the molecule is O=C(C[C@H](Cc1cc(Cl)c(O)c(C(F)(F)F)c1)C(=O)N1CCC(N2CCCCC2)CC1)N1CCC(N2Cc3cscc3NC2=O)CC1. The summed E-state index contributed by atoms with van der Waals surface area (Å²) in [7, 11) is 0. The summed E-state index contributed by atoms with van der Waals surface area (Å²) in [6, 6.07) is 2.28. The Hall–Kier alpha value is -3.03. The Morgan fingerprint density at radius 1 is 0.957 bits per heavy atom. The van der Waals surface area contributed by atoms with E-state index in [4.69, 9.17) is 11.6 Å². The van der Waals surface area contributed by atoms with Gasteiger partial charge in [0, 0.05) is 55.6 Å². The first-order chi connectivity index (χ1) is 22.5. The van der Waals surface area contributed by atoms with Crippen LogP contribution in [0.15, 0.2) is 22.9 Å². The fourth-order valence-electron chi connectivity index (χ4n) is 7.57. The lowest BCUT2D eigenvalue weighted by Crippen LogP contribution is -2.52. The van der Waals surface area contributed by atoms with Gasteiger partial charge in [0.05, 0.1) is 28.7 Å². The van der Waals surface area contributed by atoms with Crippen LogP contribution in [-0.4, -0.2) is 93.9 Å². The van der Waals surface area contributed by atoms with Gasteiger partial charge in [0.2, 0.25) is 11.8 Å². The van der Waals surface area contributed by atoms with Crippen molar-refractivity contribution in [2.24, 2.45) is 5.92 Å². The first-order valence-electron chi connectivity index (χ1n) is 16.5. The van der Waals surface area contributed by atoms with Crippen molar-refractivity contribution in [1.82, 2.24) is 19.6 Å². The fourth-order valence-corrected chi connectivity index (χ4v) is 8.60. The molecule has 0 aliphatic carbocycles. The molecule has 1 aromatic heterocycles. The van der Waals surface area contributed by atoms with Crippen molar-refractivity contribution in [1.29, 1.82) is 0 Å². The third kappa shape index (κ3) is 7.67. The zero-order valence-corrected chi connectivity index (χ0v) is 27.8. The number of likely N-dealkylation sites (tertiary alicyclic amines) is 3. The number of nitrogens with zero attached hydrogens (tertiary/aromatic N) is 4. The zero-order valence-electron chi connectivity index (χ0n) is 26.2. The Morgan fingerprint density at radius 3 is 2.30 bits per heavy atom. The molecule has 0 unspecified atom stereocenters. The van der Waals surface area contributed by atoms with E-state index in [0.717, 1.165) is 43.2 Å². The van der Waals surface area contributed by atoms with Crippen LogP contribution in [0.2, 0.25) is 5.02 Å². The molecule has 9 nitrogen and oxygen atoms in total. The summed E-state index contributed by atoms with van der Waals surface area (Å²) in [5.74, 6) is -2.44. The number of aromatic hydroxyl groups is 1. The van der Waals surface area contributed by atoms with Crippen LogP contribution < -0.4 is 5.32 Å².